The maximum Gasteiger partial charge on any atom is 0.0271 e. The molecule has 0 unspecified atom stereocenters. The van der Waals surface area contributed by atoms with Gasteiger partial charge < -0.3 is 5.73 Å². The van der Waals surface area contributed by atoms with Gasteiger partial charge in [0.25, 0.3) is 0 Å². The molecule has 3 aromatic rings. The summed E-state index contributed by atoms with van der Waals surface area (Å²) >= 11 is 0. The van der Waals surface area contributed by atoms with E-state index in [1.165, 1.54) is 21.9 Å². The van der Waals surface area contributed by atoms with Gasteiger partial charge in [0.15, 0.2) is 0 Å². The van der Waals surface area contributed by atoms with E-state index in [1.807, 2.05) is 0 Å². The summed E-state index contributed by atoms with van der Waals surface area (Å²) in [7, 11) is 0. The summed E-state index contributed by atoms with van der Waals surface area (Å²) in [5, 5.41) is 2.60. The molecule has 3 aromatic carbocycles. The zero-order valence-corrected chi connectivity index (χ0v) is 13.2. The third kappa shape index (κ3) is 2.75. The minimum Gasteiger partial charge on any atom is -0.324 e. The lowest BCUT2D eigenvalue weighted by Crippen LogP contribution is -2.27. The minimum atomic E-state index is -0.0657. The van der Waals surface area contributed by atoms with Gasteiger partial charge in [-0.05, 0) is 34.7 Å². The Morgan fingerprint density at radius 1 is 0.864 bits per heavy atom. The number of fused-ring (bicyclic) bond motifs is 1. The van der Waals surface area contributed by atoms with Crippen molar-refractivity contribution >= 4 is 23.2 Å². The van der Waals surface area contributed by atoms with Crippen molar-refractivity contribution in [3.63, 3.8) is 0 Å². The second-order valence-electron chi connectivity index (χ2n) is 6.26. The Bertz CT molecular complexity index is 784. The van der Waals surface area contributed by atoms with Gasteiger partial charge >= 0.3 is 0 Å². The van der Waals surface area contributed by atoms with Gasteiger partial charge in [0.1, 0.15) is 0 Å². The van der Waals surface area contributed by atoms with Crippen LogP contribution in [0.15, 0.2) is 72.8 Å². The fourth-order valence-electron chi connectivity index (χ4n) is 3.38. The molecule has 0 bridgehead atoms. The summed E-state index contributed by atoms with van der Waals surface area (Å²) in [5.41, 5.74) is 9.25. The zero-order valence-electron chi connectivity index (χ0n) is 12.4. The van der Waals surface area contributed by atoms with Crippen molar-refractivity contribution < 1.29 is 0 Å². The van der Waals surface area contributed by atoms with Gasteiger partial charge in [-0.15, -0.1) is 12.4 Å². The van der Waals surface area contributed by atoms with Gasteiger partial charge in [-0.1, -0.05) is 72.8 Å². The van der Waals surface area contributed by atoms with Crippen molar-refractivity contribution in [2.75, 3.05) is 0 Å². The molecule has 0 saturated heterocycles. The van der Waals surface area contributed by atoms with Crippen LogP contribution in [0, 0.1) is 0 Å². The van der Waals surface area contributed by atoms with Crippen LogP contribution in [-0.4, -0.2) is 5.54 Å². The standard InChI is InChI=1S/C20H19N.ClH/c21-20(14-19(20)17-7-2-1-3-8-17)13-15-10-11-16-6-4-5-9-18(16)12-15;/h1-12,19H,13-14,21H2;1H/t19-,20+;/m0./s1. The first kappa shape index (κ1) is 15.1. The summed E-state index contributed by atoms with van der Waals surface area (Å²) in [6.07, 6.45) is 2.04. The second-order valence-corrected chi connectivity index (χ2v) is 6.26. The molecule has 1 fully saturated rings. The Morgan fingerprint density at radius 3 is 2.32 bits per heavy atom. The number of halogens is 1. The maximum absolute atomic E-state index is 6.60. The fourth-order valence-corrected chi connectivity index (χ4v) is 3.38. The van der Waals surface area contributed by atoms with Crippen molar-refractivity contribution in [3.05, 3.63) is 83.9 Å². The molecule has 1 aliphatic carbocycles. The molecule has 0 spiro atoms. The second kappa shape index (κ2) is 5.75. The van der Waals surface area contributed by atoms with Crippen LogP contribution in [0.2, 0.25) is 0 Å². The molecule has 0 radical (unpaired) electrons. The average Bonchev–Trinajstić information content (AvgIpc) is 3.19. The predicted octanol–water partition coefficient (Wildman–Crippen LogP) is 4.69. The Kier molecular flexibility index (Phi) is 3.94. The quantitative estimate of drug-likeness (QED) is 0.746. The van der Waals surface area contributed by atoms with E-state index < -0.39 is 0 Å². The average molecular weight is 310 g/mol. The summed E-state index contributed by atoms with van der Waals surface area (Å²) < 4.78 is 0. The Hall–Kier alpha value is -1.83. The molecule has 2 atom stereocenters. The summed E-state index contributed by atoms with van der Waals surface area (Å²) in [6.45, 7) is 0. The van der Waals surface area contributed by atoms with E-state index >= 15 is 0 Å². The van der Waals surface area contributed by atoms with Crippen LogP contribution < -0.4 is 5.73 Å². The maximum atomic E-state index is 6.60. The third-order valence-corrected chi connectivity index (χ3v) is 4.67. The Morgan fingerprint density at radius 2 is 1.55 bits per heavy atom. The molecule has 0 heterocycles. The number of hydrogen-bond acceptors (Lipinski definition) is 1. The van der Waals surface area contributed by atoms with Gasteiger partial charge in [-0.25, -0.2) is 0 Å². The first-order valence-corrected chi connectivity index (χ1v) is 7.56. The molecule has 22 heavy (non-hydrogen) atoms. The van der Waals surface area contributed by atoms with Crippen molar-refractivity contribution in [1.82, 2.24) is 0 Å². The normalized spacial score (nSPS) is 23.0. The SMILES string of the molecule is Cl.N[C@]1(Cc2ccc3ccccc3c2)C[C@H]1c1ccccc1. The van der Waals surface area contributed by atoms with Crippen molar-refractivity contribution in [1.29, 1.82) is 0 Å². The lowest BCUT2D eigenvalue weighted by molar-refractivity contribution is 0.646. The van der Waals surface area contributed by atoms with Crippen molar-refractivity contribution in [2.45, 2.75) is 24.3 Å². The third-order valence-electron chi connectivity index (χ3n) is 4.67. The van der Waals surface area contributed by atoms with E-state index in [1.54, 1.807) is 0 Å². The van der Waals surface area contributed by atoms with E-state index in [4.69, 9.17) is 5.73 Å². The zero-order chi connectivity index (χ0) is 14.3. The van der Waals surface area contributed by atoms with E-state index in [9.17, 15) is 0 Å². The van der Waals surface area contributed by atoms with E-state index in [-0.39, 0.29) is 17.9 Å². The lowest BCUT2D eigenvalue weighted by atomic mass is 9.97. The van der Waals surface area contributed by atoms with Crippen LogP contribution in [-0.2, 0) is 6.42 Å². The molecule has 2 N–H and O–H groups in total. The molecule has 1 aliphatic rings. The number of nitrogens with two attached hydrogens (primary N) is 1. The Labute approximate surface area is 137 Å². The smallest absolute Gasteiger partial charge is 0.0271 e. The molecular formula is C20H20ClN. The van der Waals surface area contributed by atoms with Gasteiger partial charge in [0.05, 0.1) is 0 Å². The molecule has 4 rings (SSSR count). The molecular weight excluding hydrogens is 290 g/mol. The molecule has 0 aliphatic heterocycles. The van der Waals surface area contributed by atoms with Crippen LogP contribution in [0.1, 0.15) is 23.5 Å². The minimum absolute atomic E-state index is 0. The van der Waals surface area contributed by atoms with Crippen LogP contribution >= 0.6 is 12.4 Å². The Balaban J connectivity index is 0.00000144. The molecule has 1 saturated carbocycles. The molecule has 2 heteroatoms. The first-order valence-electron chi connectivity index (χ1n) is 7.56. The van der Waals surface area contributed by atoms with Crippen LogP contribution in [0.25, 0.3) is 10.8 Å². The lowest BCUT2D eigenvalue weighted by Gasteiger charge is -2.12. The van der Waals surface area contributed by atoms with Crippen LogP contribution in [0.4, 0.5) is 0 Å². The first-order chi connectivity index (χ1) is 10.2. The summed E-state index contributed by atoms with van der Waals surface area (Å²) in [5.74, 6) is 0.505. The van der Waals surface area contributed by atoms with Gasteiger partial charge in [0, 0.05) is 11.5 Å². The van der Waals surface area contributed by atoms with Gasteiger partial charge in [0.2, 0.25) is 0 Å². The largest absolute Gasteiger partial charge is 0.324 e. The van der Waals surface area contributed by atoms with Crippen molar-refractivity contribution in [3.8, 4) is 0 Å². The van der Waals surface area contributed by atoms with Gasteiger partial charge in [-0.2, -0.15) is 0 Å². The number of benzene rings is 3. The molecule has 1 nitrogen and oxygen atoms in total. The van der Waals surface area contributed by atoms with E-state index in [0.717, 1.165) is 12.8 Å². The van der Waals surface area contributed by atoms with Crippen molar-refractivity contribution in [2.24, 2.45) is 5.73 Å². The monoisotopic (exact) mass is 309 g/mol. The highest BCUT2D eigenvalue weighted by Gasteiger charge is 2.51. The predicted molar refractivity (Wildman–Crippen MR) is 95.6 cm³/mol. The number of rotatable bonds is 3. The molecule has 0 amide bonds. The highest BCUT2D eigenvalue weighted by atomic mass is 35.5. The summed E-state index contributed by atoms with van der Waals surface area (Å²) in [4.78, 5) is 0. The molecule has 112 valence electrons. The fraction of sp³-hybridized carbons (Fsp3) is 0.200. The highest BCUT2D eigenvalue weighted by Crippen LogP contribution is 2.51. The highest BCUT2D eigenvalue weighted by molar-refractivity contribution is 5.85. The van der Waals surface area contributed by atoms with E-state index in [0.29, 0.717) is 5.92 Å². The van der Waals surface area contributed by atoms with Gasteiger partial charge in [-0.3, -0.25) is 0 Å². The number of hydrogen-bond donors (Lipinski definition) is 1. The van der Waals surface area contributed by atoms with Crippen LogP contribution in [0.5, 0.6) is 0 Å². The van der Waals surface area contributed by atoms with E-state index in [2.05, 4.69) is 72.8 Å². The van der Waals surface area contributed by atoms with Crippen LogP contribution in [0.3, 0.4) is 0 Å². The summed E-state index contributed by atoms with van der Waals surface area (Å²) in [6, 6.07) is 25.9. The molecule has 0 aromatic heterocycles. The topological polar surface area (TPSA) is 26.0 Å².